The Balaban J connectivity index is 1.93. The zero-order chi connectivity index (χ0) is 18.9. The number of carbonyl (C=O) groups is 1. The number of fused-ring (bicyclic) bond motifs is 1. The van der Waals surface area contributed by atoms with Gasteiger partial charge >= 0.3 is 6.16 Å². The van der Waals surface area contributed by atoms with Gasteiger partial charge in [-0.15, -0.1) is 0 Å². The largest absolute Gasteiger partial charge is 0.513 e. The number of nitriles is 1. The molecule has 11 nitrogen and oxygen atoms in total. The molecule has 3 rings (SSSR count). The number of ether oxygens (including phenoxy) is 3. The van der Waals surface area contributed by atoms with Gasteiger partial charge in [0.25, 0.3) is 0 Å². The topological polar surface area (TPSA) is 165 Å². The van der Waals surface area contributed by atoms with Gasteiger partial charge in [-0.2, -0.15) is 10.4 Å². The van der Waals surface area contributed by atoms with Crippen molar-refractivity contribution in [3.8, 4) is 6.07 Å². The number of aliphatic hydroxyl groups is 2. The Morgan fingerprint density at radius 3 is 3.04 bits per heavy atom. The first-order chi connectivity index (χ1) is 12.4. The van der Waals surface area contributed by atoms with Crippen LogP contribution in [0.2, 0.25) is 0 Å². The summed E-state index contributed by atoms with van der Waals surface area (Å²) >= 11 is 0. The molecule has 2 aromatic rings. The van der Waals surface area contributed by atoms with Gasteiger partial charge in [0.05, 0.1) is 12.0 Å². The summed E-state index contributed by atoms with van der Waals surface area (Å²) in [6, 6.07) is 4.91. The molecule has 1 fully saturated rings. The highest BCUT2D eigenvalue weighted by molar-refractivity contribution is 5.66. The van der Waals surface area contributed by atoms with Crippen LogP contribution in [0.15, 0.2) is 31.3 Å². The second-order valence-electron chi connectivity index (χ2n) is 5.45. The van der Waals surface area contributed by atoms with E-state index < -0.39 is 36.7 Å². The number of nitrogens with two attached hydrogens (primary N) is 1. The maximum atomic E-state index is 11.2. The second kappa shape index (κ2) is 6.60. The minimum atomic E-state index is -1.96. The van der Waals surface area contributed by atoms with E-state index in [0.717, 1.165) is 6.26 Å². The van der Waals surface area contributed by atoms with Gasteiger partial charge in [0, 0.05) is 0 Å². The molecule has 11 heteroatoms. The van der Waals surface area contributed by atoms with E-state index in [-0.39, 0.29) is 11.5 Å². The van der Waals surface area contributed by atoms with E-state index >= 15 is 0 Å². The summed E-state index contributed by atoms with van der Waals surface area (Å²) in [6.07, 6.45) is -3.32. The molecule has 1 saturated heterocycles. The quantitative estimate of drug-likeness (QED) is 0.475. The van der Waals surface area contributed by atoms with Crippen LogP contribution in [-0.2, 0) is 19.8 Å². The van der Waals surface area contributed by atoms with Crippen LogP contribution in [0.4, 0.5) is 10.6 Å². The third kappa shape index (κ3) is 2.62. The van der Waals surface area contributed by atoms with Crippen LogP contribution in [0.3, 0.4) is 0 Å². The first-order valence-corrected chi connectivity index (χ1v) is 7.42. The van der Waals surface area contributed by atoms with Crippen molar-refractivity contribution in [1.82, 2.24) is 14.6 Å². The highest BCUT2D eigenvalue weighted by atomic mass is 16.7. The van der Waals surface area contributed by atoms with Crippen molar-refractivity contribution in [2.75, 3.05) is 12.3 Å². The predicted molar refractivity (Wildman–Crippen MR) is 84.2 cm³/mol. The van der Waals surface area contributed by atoms with Gasteiger partial charge < -0.3 is 30.2 Å². The highest BCUT2D eigenvalue weighted by Crippen LogP contribution is 2.40. The molecule has 0 radical (unpaired) electrons. The molecule has 0 spiro atoms. The zero-order valence-corrected chi connectivity index (χ0v) is 13.3. The lowest BCUT2D eigenvalue weighted by atomic mass is 9.92. The average Bonchev–Trinajstić information content (AvgIpc) is 3.16. The van der Waals surface area contributed by atoms with Crippen LogP contribution in [0.1, 0.15) is 5.69 Å². The molecular formula is C15H15N5O6. The fraction of sp³-hybridized carbons (Fsp3) is 0.333. The smallest absolute Gasteiger partial charge is 0.431 e. The second-order valence-corrected chi connectivity index (χ2v) is 5.45. The molecule has 2 aromatic heterocycles. The third-order valence-electron chi connectivity index (χ3n) is 4.03. The summed E-state index contributed by atoms with van der Waals surface area (Å²) in [5, 5.41) is 34.4. The van der Waals surface area contributed by atoms with E-state index in [1.165, 1.54) is 16.9 Å². The number of rotatable bonds is 4. The number of aromatic nitrogens is 3. The number of hydrogen-bond donors (Lipinski definition) is 3. The minimum absolute atomic E-state index is 0.145. The van der Waals surface area contributed by atoms with Crippen LogP contribution in [0.5, 0.6) is 0 Å². The molecule has 1 aliphatic heterocycles. The average molecular weight is 361 g/mol. The Morgan fingerprint density at radius 1 is 1.58 bits per heavy atom. The normalized spacial score (nSPS) is 27.8. The number of nitrogens with zero attached hydrogens (tertiary/aromatic N) is 4. The predicted octanol–water partition coefficient (Wildman–Crippen LogP) is -0.552. The Morgan fingerprint density at radius 2 is 2.35 bits per heavy atom. The molecule has 0 aromatic carbocycles. The van der Waals surface area contributed by atoms with Gasteiger partial charge in [0.15, 0.2) is 5.82 Å². The molecular weight excluding hydrogens is 346 g/mol. The molecule has 0 aliphatic carbocycles. The molecule has 0 bridgehead atoms. The van der Waals surface area contributed by atoms with Crippen LogP contribution in [0, 0.1) is 11.3 Å². The fourth-order valence-electron chi connectivity index (χ4n) is 2.80. The molecule has 0 unspecified atom stereocenters. The van der Waals surface area contributed by atoms with E-state index in [9.17, 15) is 20.3 Å². The van der Waals surface area contributed by atoms with E-state index in [1.807, 2.05) is 6.07 Å². The first-order valence-electron chi connectivity index (χ1n) is 7.42. The Labute approximate surface area is 146 Å². The van der Waals surface area contributed by atoms with E-state index in [2.05, 4.69) is 21.4 Å². The van der Waals surface area contributed by atoms with Crippen molar-refractivity contribution in [2.45, 2.75) is 23.9 Å². The maximum Gasteiger partial charge on any atom is 0.513 e. The summed E-state index contributed by atoms with van der Waals surface area (Å²) in [4.78, 5) is 15.1. The monoisotopic (exact) mass is 361 g/mol. The highest BCUT2D eigenvalue weighted by Gasteiger charge is 2.57. The zero-order valence-electron chi connectivity index (χ0n) is 13.3. The summed E-state index contributed by atoms with van der Waals surface area (Å²) in [7, 11) is 0. The van der Waals surface area contributed by atoms with Gasteiger partial charge in [-0.05, 0) is 12.1 Å². The van der Waals surface area contributed by atoms with Gasteiger partial charge in [-0.3, -0.25) is 0 Å². The summed E-state index contributed by atoms with van der Waals surface area (Å²) in [6.45, 7) is 2.75. The first kappa shape index (κ1) is 17.6. The van der Waals surface area contributed by atoms with Gasteiger partial charge in [0.2, 0.25) is 5.60 Å². The number of nitrogen functional groups attached to an aromatic ring is 1. The lowest BCUT2D eigenvalue weighted by Gasteiger charge is -2.24. The van der Waals surface area contributed by atoms with Crippen LogP contribution in [0.25, 0.3) is 5.52 Å². The molecule has 26 heavy (non-hydrogen) atoms. The molecule has 1 aliphatic rings. The van der Waals surface area contributed by atoms with Gasteiger partial charge in [-0.25, -0.2) is 14.3 Å². The Kier molecular flexibility index (Phi) is 4.47. The van der Waals surface area contributed by atoms with E-state index in [1.54, 1.807) is 6.07 Å². The van der Waals surface area contributed by atoms with E-state index in [0.29, 0.717) is 5.52 Å². The minimum Gasteiger partial charge on any atom is -0.431 e. The summed E-state index contributed by atoms with van der Waals surface area (Å²) in [5.41, 5.74) is 4.35. The maximum absolute atomic E-state index is 11.2. The van der Waals surface area contributed by atoms with Gasteiger partial charge in [-0.1, -0.05) is 6.58 Å². The molecule has 0 saturated carbocycles. The van der Waals surface area contributed by atoms with E-state index in [4.69, 9.17) is 15.2 Å². The SMILES string of the molecule is C=COC(=O)OC[C@H]1O[C@@](C#N)(c2ccc3c(N)ncnn23)[C@H](O)[C@@H]1O. The Bertz CT molecular complexity index is 892. The van der Waals surface area contributed by atoms with Gasteiger partial charge in [0.1, 0.15) is 42.8 Å². The van der Waals surface area contributed by atoms with Crippen molar-refractivity contribution in [1.29, 1.82) is 5.26 Å². The van der Waals surface area contributed by atoms with Crippen molar-refractivity contribution in [2.24, 2.45) is 0 Å². The van der Waals surface area contributed by atoms with Crippen LogP contribution < -0.4 is 5.73 Å². The molecule has 136 valence electrons. The third-order valence-corrected chi connectivity index (χ3v) is 4.03. The standard InChI is InChI=1S/C15H15N5O6/c1-2-24-14(23)25-5-9-11(21)12(22)15(6-16,26-9)10-4-3-8-13(17)18-7-19-20(8)10/h2-4,7,9,11-12,21-22H,1,5H2,(H2,17,18,19)/t9-,11-,12-,15+/m1/s1. The van der Waals surface area contributed by atoms with Crippen LogP contribution >= 0.6 is 0 Å². The number of aliphatic hydroxyl groups excluding tert-OH is 2. The molecule has 3 heterocycles. The number of anilines is 1. The molecule has 4 atom stereocenters. The van der Waals surface area contributed by atoms with Crippen LogP contribution in [-0.4, -0.2) is 55.9 Å². The van der Waals surface area contributed by atoms with Crippen molar-refractivity contribution >= 4 is 17.5 Å². The van der Waals surface area contributed by atoms with Crippen molar-refractivity contribution in [3.63, 3.8) is 0 Å². The number of hydrogen-bond acceptors (Lipinski definition) is 10. The summed E-state index contributed by atoms with van der Waals surface area (Å²) in [5.74, 6) is 0.166. The lowest BCUT2D eigenvalue weighted by Crippen LogP contribution is -2.41. The lowest BCUT2D eigenvalue weighted by molar-refractivity contribution is -0.0698. The fourth-order valence-corrected chi connectivity index (χ4v) is 2.80. The van der Waals surface area contributed by atoms with Crippen molar-refractivity contribution < 1.29 is 29.2 Å². The summed E-state index contributed by atoms with van der Waals surface area (Å²) < 4.78 is 16.0. The number of carbonyl (C=O) groups excluding carboxylic acids is 1. The molecule has 0 amide bonds. The van der Waals surface area contributed by atoms with Crippen molar-refractivity contribution in [3.05, 3.63) is 37.0 Å². The molecule has 4 N–H and O–H groups in total. The Hall–Kier alpha value is -3.20.